The van der Waals surface area contributed by atoms with E-state index in [2.05, 4.69) is 29.8 Å². The zero-order valence-electron chi connectivity index (χ0n) is 10.8. The molecule has 17 heavy (non-hydrogen) atoms. The molecule has 0 aliphatic rings. The first-order valence-corrected chi connectivity index (χ1v) is 6.94. The normalized spacial score (nSPS) is 10.4. The van der Waals surface area contributed by atoms with Gasteiger partial charge in [-0.2, -0.15) is 0 Å². The number of amides is 1. The van der Waals surface area contributed by atoms with Crippen LogP contribution in [0.3, 0.4) is 0 Å². The van der Waals surface area contributed by atoms with E-state index in [0.717, 1.165) is 41.5 Å². The second-order valence-electron chi connectivity index (χ2n) is 4.26. The molecule has 1 aromatic rings. The van der Waals surface area contributed by atoms with E-state index in [1.165, 1.54) is 0 Å². The molecule has 0 atom stereocenters. The molecule has 0 aliphatic carbocycles. The van der Waals surface area contributed by atoms with Gasteiger partial charge in [0, 0.05) is 23.1 Å². The molecule has 0 spiro atoms. The van der Waals surface area contributed by atoms with Crippen molar-refractivity contribution in [2.45, 2.75) is 33.6 Å². The van der Waals surface area contributed by atoms with Gasteiger partial charge < -0.3 is 4.90 Å². The van der Waals surface area contributed by atoms with Crippen LogP contribution in [0.25, 0.3) is 0 Å². The summed E-state index contributed by atoms with van der Waals surface area (Å²) in [6.45, 7) is 7.88. The zero-order chi connectivity index (χ0) is 12.8. The van der Waals surface area contributed by atoms with E-state index >= 15 is 0 Å². The quantitative estimate of drug-likeness (QED) is 0.804. The Labute approximate surface area is 112 Å². The van der Waals surface area contributed by atoms with Crippen molar-refractivity contribution in [3.05, 3.63) is 33.8 Å². The van der Waals surface area contributed by atoms with E-state index in [9.17, 15) is 4.79 Å². The Morgan fingerprint density at radius 1 is 1.24 bits per heavy atom. The molecule has 1 aromatic carbocycles. The summed E-state index contributed by atoms with van der Waals surface area (Å²) in [4.78, 5) is 14.2. The fourth-order valence-corrected chi connectivity index (χ4v) is 2.14. The van der Waals surface area contributed by atoms with E-state index in [1.807, 2.05) is 30.0 Å². The summed E-state index contributed by atoms with van der Waals surface area (Å²) < 4.78 is 0.997. The summed E-state index contributed by atoms with van der Waals surface area (Å²) in [5.41, 5.74) is 1.92. The summed E-state index contributed by atoms with van der Waals surface area (Å²) in [5.74, 6) is 0.134. The highest BCUT2D eigenvalue weighted by molar-refractivity contribution is 9.10. The summed E-state index contributed by atoms with van der Waals surface area (Å²) in [5, 5.41) is 0. The van der Waals surface area contributed by atoms with Crippen molar-refractivity contribution in [1.82, 2.24) is 4.90 Å². The molecule has 0 radical (unpaired) electrons. The van der Waals surface area contributed by atoms with E-state index in [0.29, 0.717) is 0 Å². The van der Waals surface area contributed by atoms with Crippen molar-refractivity contribution >= 4 is 21.8 Å². The van der Waals surface area contributed by atoms with Crippen LogP contribution in [0, 0.1) is 6.92 Å². The molecule has 0 aromatic heterocycles. The lowest BCUT2D eigenvalue weighted by Crippen LogP contribution is -2.32. The molecule has 3 heteroatoms. The lowest BCUT2D eigenvalue weighted by Gasteiger charge is -2.21. The first kappa shape index (κ1) is 14.2. The summed E-state index contributed by atoms with van der Waals surface area (Å²) in [6, 6.07) is 5.80. The van der Waals surface area contributed by atoms with Gasteiger partial charge in [0.1, 0.15) is 0 Å². The first-order valence-electron chi connectivity index (χ1n) is 6.15. The molecule has 0 saturated heterocycles. The molecule has 94 valence electrons. The fraction of sp³-hybridized carbons (Fsp3) is 0.500. The molecule has 2 nitrogen and oxygen atoms in total. The standard InChI is InChI=1S/C14H20BrNO/c1-4-8-16(9-5-2)14(17)12-7-6-11(3)13(15)10-12/h6-7,10H,4-5,8-9H2,1-3H3. The largest absolute Gasteiger partial charge is 0.339 e. The van der Waals surface area contributed by atoms with Gasteiger partial charge in [0.05, 0.1) is 0 Å². The van der Waals surface area contributed by atoms with E-state index in [4.69, 9.17) is 0 Å². The van der Waals surface area contributed by atoms with Crippen LogP contribution in [0.15, 0.2) is 22.7 Å². The van der Waals surface area contributed by atoms with Crippen LogP contribution in [0.4, 0.5) is 0 Å². The molecule has 0 N–H and O–H groups in total. The summed E-state index contributed by atoms with van der Waals surface area (Å²) >= 11 is 3.47. The maximum atomic E-state index is 12.3. The Morgan fingerprint density at radius 2 is 1.82 bits per heavy atom. The number of nitrogens with zero attached hydrogens (tertiary/aromatic N) is 1. The SMILES string of the molecule is CCCN(CCC)C(=O)c1ccc(C)c(Br)c1. The zero-order valence-corrected chi connectivity index (χ0v) is 12.4. The highest BCUT2D eigenvalue weighted by Gasteiger charge is 2.14. The second kappa shape index (κ2) is 6.80. The monoisotopic (exact) mass is 297 g/mol. The highest BCUT2D eigenvalue weighted by atomic mass is 79.9. The molecule has 0 bridgehead atoms. The Bertz CT molecular complexity index is 384. The van der Waals surface area contributed by atoms with Gasteiger partial charge >= 0.3 is 0 Å². The third-order valence-corrected chi connectivity index (χ3v) is 3.55. The third kappa shape index (κ3) is 3.84. The number of benzene rings is 1. The number of hydrogen-bond acceptors (Lipinski definition) is 1. The highest BCUT2D eigenvalue weighted by Crippen LogP contribution is 2.18. The number of carbonyl (C=O) groups excluding carboxylic acids is 1. The molecular formula is C14H20BrNO. The minimum Gasteiger partial charge on any atom is -0.339 e. The summed E-state index contributed by atoms with van der Waals surface area (Å²) in [6.07, 6.45) is 2.00. The van der Waals surface area contributed by atoms with Gasteiger partial charge in [0.15, 0.2) is 0 Å². The predicted molar refractivity (Wildman–Crippen MR) is 75.4 cm³/mol. The van der Waals surface area contributed by atoms with Crippen LogP contribution in [-0.4, -0.2) is 23.9 Å². The van der Waals surface area contributed by atoms with Crippen LogP contribution >= 0.6 is 15.9 Å². The van der Waals surface area contributed by atoms with Gasteiger partial charge in [-0.15, -0.1) is 0 Å². The maximum absolute atomic E-state index is 12.3. The van der Waals surface area contributed by atoms with Gasteiger partial charge in [-0.05, 0) is 37.5 Å². The van der Waals surface area contributed by atoms with E-state index in [1.54, 1.807) is 0 Å². The van der Waals surface area contributed by atoms with Crippen molar-refractivity contribution < 1.29 is 4.79 Å². The average molecular weight is 298 g/mol. The smallest absolute Gasteiger partial charge is 0.253 e. The number of carbonyl (C=O) groups is 1. The lowest BCUT2D eigenvalue weighted by molar-refractivity contribution is 0.0755. The van der Waals surface area contributed by atoms with Crippen molar-refractivity contribution in [2.24, 2.45) is 0 Å². The van der Waals surface area contributed by atoms with Crippen molar-refractivity contribution in [3.63, 3.8) is 0 Å². The molecule has 0 aliphatic heterocycles. The number of aryl methyl sites for hydroxylation is 1. The Morgan fingerprint density at radius 3 is 2.29 bits per heavy atom. The predicted octanol–water partition coefficient (Wildman–Crippen LogP) is 4.02. The van der Waals surface area contributed by atoms with Gasteiger partial charge in [0.2, 0.25) is 0 Å². The molecule has 1 amide bonds. The van der Waals surface area contributed by atoms with Crippen LogP contribution in [0.2, 0.25) is 0 Å². The molecule has 1 rings (SSSR count). The van der Waals surface area contributed by atoms with Crippen LogP contribution in [-0.2, 0) is 0 Å². The first-order chi connectivity index (χ1) is 8.10. The average Bonchev–Trinajstić information content (AvgIpc) is 2.31. The Kier molecular flexibility index (Phi) is 5.69. The summed E-state index contributed by atoms with van der Waals surface area (Å²) in [7, 11) is 0. The molecular weight excluding hydrogens is 278 g/mol. The topological polar surface area (TPSA) is 20.3 Å². The van der Waals surface area contributed by atoms with Gasteiger partial charge in [0.25, 0.3) is 5.91 Å². The molecule has 0 saturated carbocycles. The maximum Gasteiger partial charge on any atom is 0.253 e. The Balaban J connectivity index is 2.88. The van der Waals surface area contributed by atoms with Crippen molar-refractivity contribution in [2.75, 3.05) is 13.1 Å². The van der Waals surface area contributed by atoms with Gasteiger partial charge in [-0.25, -0.2) is 0 Å². The van der Waals surface area contributed by atoms with Gasteiger partial charge in [-0.1, -0.05) is 35.8 Å². The van der Waals surface area contributed by atoms with Crippen LogP contribution in [0.5, 0.6) is 0 Å². The van der Waals surface area contributed by atoms with Crippen LogP contribution in [0.1, 0.15) is 42.6 Å². The minimum atomic E-state index is 0.134. The second-order valence-corrected chi connectivity index (χ2v) is 5.11. The molecule has 0 fully saturated rings. The number of rotatable bonds is 5. The fourth-order valence-electron chi connectivity index (χ4n) is 1.76. The molecule has 0 heterocycles. The minimum absolute atomic E-state index is 0.134. The number of halogens is 1. The lowest BCUT2D eigenvalue weighted by atomic mass is 10.1. The van der Waals surface area contributed by atoms with Gasteiger partial charge in [-0.3, -0.25) is 4.79 Å². The number of hydrogen-bond donors (Lipinski definition) is 0. The van der Waals surface area contributed by atoms with Crippen molar-refractivity contribution in [1.29, 1.82) is 0 Å². The van der Waals surface area contributed by atoms with E-state index in [-0.39, 0.29) is 5.91 Å². The van der Waals surface area contributed by atoms with Crippen molar-refractivity contribution in [3.8, 4) is 0 Å². The van der Waals surface area contributed by atoms with Crippen LogP contribution < -0.4 is 0 Å². The molecule has 0 unspecified atom stereocenters. The van der Waals surface area contributed by atoms with E-state index < -0.39 is 0 Å². The third-order valence-electron chi connectivity index (χ3n) is 2.69. The Hall–Kier alpha value is -0.830.